The highest BCUT2D eigenvalue weighted by atomic mass is 35.5. The molecule has 6 heteroatoms. The van der Waals surface area contributed by atoms with Crippen LogP contribution in [-0.2, 0) is 4.79 Å². The normalized spacial score (nSPS) is 18.5. The Kier molecular flexibility index (Phi) is 4.01. The van der Waals surface area contributed by atoms with Crippen LogP contribution in [0.1, 0.15) is 23.2 Å². The van der Waals surface area contributed by atoms with E-state index in [1.807, 2.05) is 12.1 Å². The summed E-state index contributed by atoms with van der Waals surface area (Å²) in [4.78, 5) is 26.6. The summed E-state index contributed by atoms with van der Waals surface area (Å²) in [5, 5.41) is 3.53. The number of nitrogens with zero attached hydrogens (tertiary/aromatic N) is 2. The number of benzene rings is 1. The molecule has 1 heterocycles. The van der Waals surface area contributed by atoms with Crippen LogP contribution in [0.2, 0.25) is 5.02 Å². The van der Waals surface area contributed by atoms with Gasteiger partial charge in [0.1, 0.15) is 0 Å². The Labute approximate surface area is 128 Å². The average molecular weight is 308 g/mol. The van der Waals surface area contributed by atoms with Gasteiger partial charge in [0.15, 0.2) is 0 Å². The summed E-state index contributed by atoms with van der Waals surface area (Å²) in [6.45, 7) is 2.91. The molecule has 0 unspecified atom stereocenters. The molecular formula is C15H18ClN3O2. The summed E-state index contributed by atoms with van der Waals surface area (Å²) < 4.78 is 0. The maximum Gasteiger partial charge on any atom is 0.251 e. The van der Waals surface area contributed by atoms with Crippen molar-refractivity contribution >= 4 is 29.6 Å². The Bertz CT molecular complexity index is 552. The molecule has 1 aromatic carbocycles. The van der Waals surface area contributed by atoms with Crippen LogP contribution in [0.4, 0.5) is 5.69 Å². The van der Waals surface area contributed by atoms with Gasteiger partial charge in [-0.1, -0.05) is 11.6 Å². The summed E-state index contributed by atoms with van der Waals surface area (Å²) >= 11 is 6.32. The minimum Gasteiger partial charge on any atom is -0.367 e. The van der Waals surface area contributed by atoms with Gasteiger partial charge >= 0.3 is 0 Å². The molecule has 0 aromatic heterocycles. The van der Waals surface area contributed by atoms with E-state index in [2.05, 4.69) is 10.2 Å². The standard InChI is InChI=1S/C15H18ClN3O2/c16-13-9-11(15(21)17-12-2-3-12)1-4-14(13)19-7-5-18(10-20)6-8-19/h1,4,9-10,12H,2-3,5-8H2,(H,17,21). The number of anilines is 1. The molecule has 5 nitrogen and oxygen atoms in total. The van der Waals surface area contributed by atoms with Crippen molar-refractivity contribution in [1.29, 1.82) is 0 Å². The summed E-state index contributed by atoms with van der Waals surface area (Å²) in [5.74, 6) is -0.0586. The van der Waals surface area contributed by atoms with Gasteiger partial charge < -0.3 is 15.1 Å². The molecule has 112 valence electrons. The number of piperazine rings is 1. The van der Waals surface area contributed by atoms with Gasteiger partial charge in [-0.25, -0.2) is 0 Å². The van der Waals surface area contributed by atoms with Crippen molar-refractivity contribution in [3.8, 4) is 0 Å². The SMILES string of the molecule is O=CN1CCN(c2ccc(C(=O)NC3CC3)cc2Cl)CC1. The van der Waals surface area contributed by atoms with Gasteiger partial charge in [-0.3, -0.25) is 9.59 Å². The molecule has 2 aliphatic rings. The molecule has 1 aliphatic carbocycles. The highest BCUT2D eigenvalue weighted by molar-refractivity contribution is 6.33. The van der Waals surface area contributed by atoms with Gasteiger partial charge in [0.2, 0.25) is 6.41 Å². The van der Waals surface area contributed by atoms with E-state index < -0.39 is 0 Å². The summed E-state index contributed by atoms with van der Waals surface area (Å²) in [6.07, 6.45) is 3.02. The number of carbonyl (C=O) groups excluding carboxylic acids is 2. The van der Waals surface area contributed by atoms with E-state index in [-0.39, 0.29) is 5.91 Å². The van der Waals surface area contributed by atoms with Crippen LogP contribution in [0, 0.1) is 0 Å². The Morgan fingerprint density at radius 1 is 1.24 bits per heavy atom. The molecule has 2 amide bonds. The molecule has 1 saturated heterocycles. The van der Waals surface area contributed by atoms with Crippen molar-refractivity contribution in [3.05, 3.63) is 28.8 Å². The Morgan fingerprint density at radius 2 is 1.95 bits per heavy atom. The second-order valence-electron chi connectivity index (χ2n) is 5.54. The molecular weight excluding hydrogens is 290 g/mol. The van der Waals surface area contributed by atoms with Crippen molar-refractivity contribution in [2.45, 2.75) is 18.9 Å². The average Bonchev–Trinajstić information content (AvgIpc) is 3.31. The molecule has 0 spiro atoms. The van der Waals surface area contributed by atoms with Gasteiger partial charge in [-0.2, -0.15) is 0 Å². The largest absolute Gasteiger partial charge is 0.367 e. The van der Waals surface area contributed by atoms with Crippen LogP contribution >= 0.6 is 11.6 Å². The summed E-state index contributed by atoms with van der Waals surface area (Å²) in [6, 6.07) is 5.76. The monoisotopic (exact) mass is 307 g/mol. The fourth-order valence-electron chi connectivity index (χ4n) is 2.47. The lowest BCUT2D eigenvalue weighted by Crippen LogP contribution is -2.45. The smallest absolute Gasteiger partial charge is 0.251 e. The van der Waals surface area contributed by atoms with Crippen molar-refractivity contribution < 1.29 is 9.59 Å². The number of halogens is 1. The number of rotatable bonds is 4. The maximum absolute atomic E-state index is 12.0. The molecule has 21 heavy (non-hydrogen) atoms. The third-order valence-electron chi connectivity index (χ3n) is 3.93. The van der Waals surface area contributed by atoms with E-state index in [0.717, 1.165) is 38.0 Å². The van der Waals surface area contributed by atoms with Crippen LogP contribution in [-0.4, -0.2) is 49.4 Å². The lowest BCUT2D eigenvalue weighted by atomic mass is 10.1. The summed E-state index contributed by atoms with van der Waals surface area (Å²) in [7, 11) is 0. The van der Waals surface area contributed by atoms with Crippen LogP contribution in [0.25, 0.3) is 0 Å². The molecule has 0 bridgehead atoms. The first-order valence-electron chi connectivity index (χ1n) is 7.22. The second kappa shape index (κ2) is 5.93. The van der Waals surface area contributed by atoms with E-state index >= 15 is 0 Å². The highest BCUT2D eigenvalue weighted by Gasteiger charge is 2.24. The van der Waals surface area contributed by atoms with Crippen LogP contribution in [0.3, 0.4) is 0 Å². The number of hydrogen-bond donors (Lipinski definition) is 1. The predicted molar refractivity (Wildman–Crippen MR) is 81.8 cm³/mol. The van der Waals surface area contributed by atoms with Gasteiger partial charge in [0, 0.05) is 37.8 Å². The Hall–Kier alpha value is -1.75. The molecule has 0 radical (unpaired) electrons. The third kappa shape index (κ3) is 3.29. The fraction of sp³-hybridized carbons (Fsp3) is 0.467. The van der Waals surface area contributed by atoms with E-state index in [4.69, 9.17) is 11.6 Å². The first-order chi connectivity index (χ1) is 10.2. The molecule has 0 atom stereocenters. The van der Waals surface area contributed by atoms with Gasteiger partial charge in [0.05, 0.1) is 10.7 Å². The van der Waals surface area contributed by atoms with E-state index in [9.17, 15) is 9.59 Å². The maximum atomic E-state index is 12.0. The molecule has 3 rings (SSSR count). The van der Waals surface area contributed by atoms with Crippen molar-refractivity contribution in [2.75, 3.05) is 31.1 Å². The first-order valence-corrected chi connectivity index (χ1v) is 7.60. The number of amides is 2. The van der Waals surface area contributed by atoms with Gasteiger partial charge in [-0.15, -0.1) is 0 Å². The minimum atomic E-state index is -0.0586. The topological polar surface area (TPSA) is 52.7 Å². The Morgan fingerprint density at radius 3 is 2.52 bits per heavy atom. The molecule has 1 saturated carbocycles. The van der Waals surface area contributed by atoms with Crippen molar-refractivity contribution in [2.24, 2.45) is 0 Å². The van der Waals surface area contributed by atoms with Crippen molar-refractivity contribution in [1.82, 2.24) is 10.2 Å². The molecule has 1 aromatic rings. The van der Waals surface area contributed by atoms with Gasteiger partial charge in [-0.05, 0) is 31.0 Å². The first kappa shape index (κ1) is 14.2. The quantitative estimate of drug-likeness (QED) is 0.858. The number of nitrogens with one attached hydrogen (secondary N) is 1. The zero-order valence-corrected chi connectivity index (χ0v) is 12.5. The molecule has 1 N–H and O–H groups in total. The van der Waals surface area contributed by atoms with E-state index in [1.54, 1.807) is 11.0 Å². The predicted octanol–water partition coefficient (Wildman–Crippen LogP) is 1.51. The Balaban J connectivity index is 1.69. The third-order valence-corrected chi connectivity index (χ3v) is 4.23. The van der Waals surface area contributed by atoms with E-state index in [0.29, 0.717) is 29.7 Å². The number of carbonyl (C=O) groups is 2. The van der Waals surface area contributed by atoms with Crippen LogP contribution in [0.15, 0.2) is 18.2 Å². The number of hydrogen-bond acceptors (Lipinski definition) is 3. The zero-order valence-electron chi connectivity index (χ0n) is 11.7. The van der Waals surface area contributed by atoms with E-state index in [1.165, 1.54) is 0 Å². The van der Waals surface area contributed by atoms with Crippen LogP contribution < -0.4 is 10.2 Å². The highest BCUT2D eigenvalue weighted by Crippen LogP contribution is 2.28. The second-order valence-corrected chi connectivity index (χ2v) is 5.95. The fourth-order valence-corrected chi connectivity index (χ4v) is 2.77. The minimum absolute atomic E-state index is 0.0586. The van der Waals surface area contributed by atoms with Crippen molar-refractivity contribution in [3.63, 3.8) is 0 Å². The molecule has 2 fully saturated rings. The van der Waals surface area contributed by atoms with Gasteiger partial charge in [0.25, 0.3) is 5.91 Å². The lowest BCUT2D eigenvalue weighted by Gasteiger charge is -2.34. The molecule has 1 aliphatic heterocycles. The zero-order chi connectivity index (χ0) is 14.8. The summed E-state index contributed by atoms with van der Waals surface area (Å²) in [5.41, 5.74) is 1.52. The van der Waals surface area contributed by atoms with Crippen LogP contribution in [0.5, 0.6) is 0 Å². The lowest BCUT2D eigenvalue weighted by molar-refractivity contribution is -0.118.